The predicted octanol–water partition coefficient (Wildman–Crippen LogP) is 3.37. The van der Waals surface area contributed by atoms with Crippen LogP contribution in [-0.2, 0) is 11.2 Å². The van der Waals surface area contributed by atoms with Crippen molar-refractivity contribution in [3.8, 4) is 0 Å². The van der Waals surface area contributed by atoms with E-state index in [0.29, 0.717) is 5.91 Å². The molecule has 0 aromatic heterocycles. The summed E-state index contributed by atoms with van der Waals surface area (Å²) in [6.45, 7) is 5.29. The second kappa shape index (κ2) is 4.80. The molecular formula is C17H24N2O. The van der Waals surface area contributed by atoms with Crippen LogP contribution in [0.15, 0.2) is 18.2 Å². The van der Waals surface area contributed by atoms with E-state index in [1.165, 1.54) is 18.4 Å². The van der Waals surface area contributed by atoms with Gasteiger partial charge in [-0.25, -0.2) is 0 Å². The Morgan fingerprint density at radius 3 is 2.90 bits per heavy atom. The van der Waals surface area contributed by atoms with Gasteiger partial charge in [0, 0.05) is 23.8 Å². The van der Waals surface area contributed by atoms with E-state index in [1.54, 1.807) is 0 Å². The van der Waals surface area contributed by atoms with Gasteiger partial charge < -0.3 is 10.6 Å². The van der Waals surface area contributed by atoms with Gasteiger partial charge in [-0.1, -0.05) is 32.8 Å². The summed E-state index contributed by atoms with van der Waals surface area (Å²) in [6.07, 6.45) is 5.56. The van der Waals surface area contributed by atoms with Gasteiger partial charge in [-0.2, -0.15) is 0 Å². The van der Waals surface area contributed by atoms with Crippen molar-refractivity contribution in [2.75, 3.05) is 17.2 Å². The molecule has 0 saturated heterocycles. The Hall–Kier alpha value is -1.51. The largest absolute Gasteiger partial charge is 0.399 e. The molecule has 1 unspecified atom stereocenters. The Labute approximate surface area is 121 Å². The number of benzene rings is 1. The second-order valence-electron chi connectivity index (χ2n) is 6.91. The lowest BCUT2D eigenvalue weighted by atomic mass is 9.68. The van der Waals surface area contributed by atoms with Crippen LogP contribution in [-0.4, -0.2) is 12.5 Å². The molecule has 0 radical (unpaired) electrons. The highest BCUT2D eigenvalue weighted by Gasteiger charge is 2.40. The Bertz CT molecular complexity index is 536. The number of amides is 1. The van der Waals surface area contributed by atoms with Crippen LogP contribution >= 0.6 is 0 Å². The summed E-state index contributed by atoms with van der Waals surface area (Å²) >= 11 is 0. The zero-order chi connectivity index (χ0) is 14.3. The zero-order valence-corrected chi connectivity index (χ0v) is 12.5. The number of anilines is 2. The van der Waals surface area contributed by atoms with Gasteiger partial charge in [0.1, 0.15) is 0 Å². The van der Waals surface area contributed by atoms with Crippen molar-refractivity contribution in [1.82, 2.24) is 0 Å². The van der Waals surface area contributed by atoms with E-state index >= 15 is 0 Å². The Morgan fingerprint density at radius 2 is 2.15 bits per heavy atom. The summed E-state index contributed by atoms with van der Waals surface area (Å²) in [5.41, 5.74) is 9.04. The number of carbonyl (C=O) groups is 1. The Morgan fingerprint density at radius 1 is 1.35 bits per heavy atom. The minimum Gasteiger partial charge on any atom is -0.399 e. The fraction of sp³-hybridized carbons (Fsp3) is 0.588. The minimum atomic E-state index is 0.123. The smallest absolute Gasteiger partial charge is 0.230 e. The lowest BCUT2D eigenvalue weighted by Gasteiger charge is -2.39. The number of nitrogens with zero attached hydrogens (tertiary/aromatic N) is 1. The van der Waals surface area contributed by atoms with Crippen LogP contribution in [0.3, 0.4) is 0 Å². The molecule has 1 aromatic rings. The number of hydrogen-bond donors (Lipinski definition) is 1. The molecule has 3 rings (SSSR count). The van der Waals surface area contributed by atoms with Crippen molar-refractivity contribution in [2.45, 2.75) is 46.0 Å². The van der Waals surface area contributed by atoms with Crippen molar-refractivity contribution >= 4 is 17.3 Å². The summed E-state index contributed by atoms with van der Waals surface area (Å²) in [4.78, 5) is 15.0. The summed E-state index contributed by atoms with van der Waals surface area (Å²) in [6, 6.07) is 5.94. The van der Waals surface area contributed by atoms with Gasteiger partial charge in [0.25, 0.3) is 0 Å². The third-order valence-corrected chi connectivity index (χ3v) is 5.08. The molecule has 1 fully saturated rings. The quantitative estimate of drug-likeness (QED) is 0.797. The molecule has 1 aromatic carbocycles. The van der Waals surface area contributed by atoms with Crippen LogP contribution in [0.2, 0.25) is 0 Å². The number of rotatable bonds is 1. The van der Waals surface area contributed by atoms with Gasteiger partial charge in [-0.3, -0.25) is 4.79 Å². The summed E-state index contributed by atoms with van der Waals surface area (Å²) in [5, 5.41) is 0. The van der Waals surface area contributed by atoms with Crippen molar-refractivity contribution < 1.29 is 4.79 Å². The average molecular weight is 272 g/mol. The summed E-state index contributed by atoms with van der Waals surface area (Å²) < 4.78 is 0. The first-order valence-corrected chi connectivity index (χ1v) is 7.69. The van der Waals surface area contributed by atoms with E-state index in [-0.39, 0.29) is 11.3 Å². The zero-order valence-electron chi connectivity index (χ0n) is 12.5. The van der Waals surface area contributed by atoms with Crippen LogP contribution in [0.25, 0.3) is 0 Å². The molecule has 3 heteroatoms. The van der Waals surface area contributed by atoms with E-state index in [4.69, 9.17) is 5.73 Å². The molecular weight excluding hydrogens is 248 g/mol. The highest BCUT2D eigenvalue weighted by atomic mass is 16.2. The molecule has 1 atom stereocenters. The fourth-order valence-electron chi connectivity index (χ4n) is 3.77. The number of fused-ring (bicyclic) bond motifs is 1. The number of hydrogen-bond acceptors (Lipinski definition) is 2. The maximum absolute atomic E-state index is 13.0. The highest BCUT2D eigenvalue weighted by molar-refractivity contribution is 5.98. The molecule has 0 spiro atoms. The molecule has 1 aliphatic heterocycles. The van der Waals surface area contributed by atoms with Gasteiger partial charge in [-0.15, -0.1) is 0 Å². The van der Waals surface area contributed by atoms with E-state index in [0.717, 1.165) is 37.2 Å². The van der Waals surface area contributed by atoms with Gasteiger partial charge in [0.05, 0.1) is 0 Å². The summed E-state index contributed by atoms with van der Waals surface area (Å²) in [5.74, 6) is 0.461. The standard InChI is InChI=1S/C17H24N2O/c1-17(2)9-4-3-5-14(17)16(20)19-10-8-12-6-7-13(18)11-15(12)19/h6-7,11,14H,3-5,8-10,18H2,1-2H3. The SMILES string of the molecule is CC1(C)CCCCC1C(=O)N1CCc2ccc(N)cc21. The minimum absolute atomic E-state index is 0.123. The number of nitrogen functional groups attached to an aromatic ring is 1. The monoisotopic (exact) mass is 272 g/mol. The molecule has 0 bridgehead atoms. The second-order valence-corrected chi connectivity index (χ2v) is 6.91. The maximum Gasteiger partial charge on any atom is 0.230 e. The predicted molar refractivity (Wildman–Crippen MR) is 82.7 cm³/mol. The van der Waals surface area contributed by atoms with Crippen LogP contribution < -0.4 is 10.6 Å². The third kappa shape index (κ3) is 2.19. The molecule has 2 N–H and O–H groups in total. The van der Waals surface area contributed by atoms with Crippen molar-refractivity contribution in [3.05, 3.63) is 23.8 Å². The number of nitrogens with two attached hydrogens (primary N) is 1. The van der Waals surface area contributed by atoms with Gasteiger partial charge in [0.2, 0.25) is 5.91 Å². The van der Waals surface area contributed by atoms with E-state index in [9.17, 15) is 4.79 Å². The lowest BCUT2D eigenvalue weighted by Crippen LogP contribution is -2.43. The average Bonchev–Trinajstić information content (AvgIpc) is 2.80. The molecule has 1 heterocycles. The molecule has 3 nitrogen and oxygen atoms in total. The van der Waals surface area contributed by atoms with Crippen LogP contribution in [0, 0.1) is 11.3 Å². The van der Waals surface area contributed by atoms with Crippen molar-refractivity contribution in [1.29, 1.82) is 0 Å². The molecule has 1 saturated carbocycles. The van der Waals surface area contributed by atoms with Crippen molar-refractivity contribution in [2.24, 2.45) is 11.3 Å². The Kier molecular flexibility index (Phi) is 3.23. The first-order valence-electron chi connectivity index (χ1n) is 7.69. The highest BCUT2D eigenvalue weighted by Crippen LogP contribution is 2.43. The number of carbonyl (C=O) groups excluding carboxylic acids is 1. The maximum atomic E-state index is 13.0. The normalized spacial score (nSPS) is 24.5. The van der Waals surface area contributed by atoms with Crippen molar-refractivity contribution in [3.63, 3.8) is 0 Å². The molecule has 1 aliphatic carbocycles. The summed E-state index contributed by atoms with van der Waals surface area (Å²) in [7, 11) is 0. The molecule has 1 amide bonds. The fourth-order valence-corrected chi connectivity index (χ4v) is 3.77. The van der Waals surface area contributed by atoms with Crippen LogP contribution in [0.5, 0.6) is 0 Å². The van der Waals surface area contributed by atoms with Gasteiger partial charge in [0.15, 0.2) is 0 Å². The van der Waals surface area contributed by atoms with Crippen LogP contribution in [0.4, 0.5) is 11.4 Å². The topological polar surface area (TPSA) is 46.3 Å². The van der Waals surface area contributed by atoms with Gasteiger partial charge in [-0.05, 0) is 42.4 Å². The molecule has 20 heavy (non-hydrogen) atoms. The molecule has 2 aliphatic rings. The lowest BCUT2D eigenvalue weighted by molar-refractivity contribution is -0.127. The van der Waals surface area contributed by atoms with Crippen LogP contribution in [0.1, 0.15) is 45.1 Å². The Balaban J connectivity index is 1.88. The van der Waals surface area contributed by atoms with E-state index in [1.807, 2.05) is 17.0 Å². The first kappa shape index (κ1) is 13.5. The third-order valence-electron chi connectivity index (χ3n) is 5.08. The molecule has 108 valence electrons. The van der Waals surface area contributed by atoms with E-state index < -0.39 is 0 Å². The first-order chi connectivity index (χ1) is 9.49. The van der Waals surface area contributed by atoms with Gasteiger partial charge >= 0.3 is 0 Å². The van der Waals surface area contributed by atoms with E-state index in [2.05, 4.69) is 19.9 Å².